The van der Waals surface area contributed by atoms with Gasteiger partial charge in [-0.3, -0.25) is 10.1 Å². The minimum atomic E-state index is -0.472. The summed E-state index contributed by atoms with van der Waals surface area (Å²) in [5, 5.41) is 26.8. The van der Waals surface area contributed by atoms with Crippen LogP contribution < -0.4 is 10.6 Å². The summed E-state index contributed by atoms with van der Waals surface area (Å²) in [4.78, 5) is 10.3. The summed E-state index contributed by atoms with van der Waals surface area (Å²) in [5.74, 6) is 0.0752. The van der Waals surface area contributed by atoms with Gasteiger partial charge in [0, 0.05) is 17.8 Å². The van der Waals surface area contributed by atoms with E-state index >= 15 is 0 Å². The molecule has 0 atom stereocenters. The van der Waals surface area contributed by atoms with Gasteiger partial charge < -0.3 is 15.7 Å². The van der Waals surface area contributed by atoms with Crippen LogP contribution in [-0.4, -0.2) is 15.1 Å². The van der Waals surface area contributed by atoms with Crippen LogP contribution in [0.5, 0.6) is 5.75 Å². The molecule has 6 nitrogen and oxygen atoms in total. The van der Waals surface area contributed by atoms with Crippen LogP contribution >= 0.6 is 12.2 Å². The molecule has 0 aliphatic heterocycles. The van der Waals surface area contributed by atoms with Gasteiger partial charge in [0.2, 0.25) is 0 Å². The van der Waals surface area contributed by atoms with E-state index in [0.717, 1.165) is 5.56 Å². The van der Waals surface area contributed by atoms with Crippen molar-refractivity contribution in [3.8, 4) is 5.75 Å². The van der Waals surface area contributed by atoms with E-state index in [4.69, 9.17) is 12.2 Å². The molecule has 2 aromatic rings. The zero-order chi connectivity index (χ0) is 17.9. The Labute approximate surface area is 145 Å². The Morgan fingerprint density at radius 2 is 1.88 bits per heavy atom. The van der Waals surface area contributed by atoms with Gasteiger partial charge in [0.05, 0.1) is 10.6 Å². The third-order valence-electron chi connectivity index (χ3n) is 3.43. The third-order valence-corrected chi connectivity index (χ3v) is 3.63. The summed E-state index contributed by atoms with van der Waals surface area (Å²) in [6.45, 7) is 6.22. The van der Waals surface area contributed by atoms with Crippen LogP contribution in [-0.2, 0) is 5.41 Å². The predicted molar refractivity (Wildman–Crippen MR) is 99.7 cm³/mol. The first kappa shape index (κ1) is 17.7. The zero-order valence-electron chi connectivity index (χ0n) is 13.7. The van der Waals surface area contributed by atoms with Crippen molar-refractivity contribution in [3.63, 3.8) is 0 Å². The van der Waals surface area contributed by atoms with E-state index in [1.54, 1.807) is 18.2 Å². The molecular formula is C17H19N3O3S. The summed E-state index contributed by atoms with van der Waals surface area (Å²) >= 11 is 5.22. The van der Waals surface area contributed by atoms with Crippen molar-refractivity contribution in [2.75, 3.05) is 10.6 Å². The number of hydrogen-bond donors (Lipinski definition) is 3. The first-order valence-electron chi connectivity index (χ1n) is 7.33. The van der Waals surface area contributed by atoms with Crippen LogP contribution in [0.3, 0.4) is 0 Å². The molecule has 0 bridgehead atoms. The Hall–Kier alpha value is -2.67. The highest BCUT2D eigenvalue weighted by molar-refractivity contribution is 7.80. The van der Waals surface area contributed by atoms with E-state index in [-0.39, 0.29) is 22.0 Å². The van der Waals surface area contributed by atoms with Gasteiger partial charge in [0.15, 0.2) is 5.11 Å². The lowest BCUT2D eigenvalue weighted by Crippen LogP contribution is -2.20. The van der Waals surface area contributed by atoms with Crippen molar-refractivity contribution < 1.29 is 10.0 Å². The van der Waals surface area contributed by atoms with Gasteiger partial charge in [0.25, 0.3) is 5.69 Å². The quantitative estimate of drug-likeness (QED) is 0.331. The molecule has 0 aliphatic rings. The van der Waals surface area contributed by atoms with Gasteiger partial charge in [-0.25, -0.2) is 0 Å². The fraction of sp³-hybridized carbons (Fsp3) is 0.235. The molecule has 7 heteroatoms. The second-order valence-corrected chi connectivity index (χ2v) is 6.78. The van der Waals surface area contributed by atoms with Gasteiger partial charge in [-0.15, -0.1) is 0 Å². The number of aromatic hydroxyl groups is 1. The molecule has 2 aromatic carbocycles. The summed E-state index contributed by atoms with van der Waals surface area (Å²) in [6.07, 6.45) is 0. The minimum Gasteiger partial charge on any atom is -0.506 e. The normalized spacial score (nSPS) is 11.0. The molecule has 24 heavy (non-hydrogen) atoms. The Morgan fingerprint density at radius 3 is 2.50 bits per heavy atom. The van der Waals surface area contributed by atoms with Crippen molar-refractivity contribution in [3.05, 3.63) is 58.1 Å². The second kappa shape index (κ2) is 6.84. The lowest BCUT2D eigenvalue weighted by atomic mass is 9.87. The summed E-state index contributed by atoms with van der Waals surface area (Å²) < 4.78 is 0. The van der Waals surface area contributed by atoms with Gasteiger partial charge in [-0.1, -0.05) is 32.9 Å². The van der Waals surface area contributed by atoms with Crippen molar-refractivity contribution in [2.45, 2.75) is 26.2 Å². The standard InChI is InChI=1S/C17H19N3O3S/c1-17(2,3)11-7-8-15(21)14(9-11)19-16(24)18-12-5-4-6-13(10-12)20(22)23/h4-10,21H,1-3H3,(H2,18,19,24). The van der Waals surface area contributed by atoms with Crippen LogP contribution in [0, 0.1) is 10.1 Å². The molecular weight excluding hydrogens is 326 g/mol. The Balaban J connectivity index is 2.15. The zero-order valence-corrected chi connectivity index (χ0v) is 14.5. The molecule has 126 valence electrons. The minimum absolute atomic E-state index is 0.0274. The van der Waals surface area contributed by atoms with Crippen LogP contribution in [0.2, 0.25) is 0 Å². The number of nitrogens with one attached hydrogen (secondary N) is 2. The number of non-ortho nitro benzene ring substituents is 1. The number of benzene rings is 2. The molecule has 0 fully saturated rings. The Morgan fingerprint density at radius 1 is 1.17 bits per heavy atom. The first-order valence-corrected chi connectivity index (χ1v) is 7.73. The lowest BCUT2D eigenvalue weighted by Gasteiger charge is -2.21. The number of rotatable bonds is 3. The lowest BCUT2D eigenvalue weighted by molar-refractivity contribution is -0.384. The topological polar surface area (TPSA) is 87.4 Å². The van der Waals surface area contributed by atoms with Gasteiger partial charge in [0.1, 0.15) is 5.75 Å². The molecule has 0 amide bonds. The fourth-order valence-corrected chi connectivity index (χ4v) is 2.31. The number of thiocarbonyl (C=S) groups is 1. The molecule has 0 saturated heterocycles. The van der Waals surface area contributed by atoms with Crippen molar-refractivity contribution in [1.29, 1.82) is 0 Å². The summed E-state index contributed by atoms with van der Waals surface area (Å²) in [6, 6.07) is 11.3. The molecule has 0 aliphatic carbocycles. The van der Waals surface area contributed by atoms with Gasteiger partial charge in [-0.2, -0.15) is 0 Å². The van der Waals surface area contributed by atoms with E-state index in [9.17, 15) is 15.2 Å². The van der Waals surface area contributed by atoms with E-state index < -0.39 is 4.92 Å². The molecule has 0 aromatic heterocycles. The SMILES string of the molecule is CC(C)(C)c1ccc(O)c(NC(=S)Nc2cccc([N+](=O)[O-])c2)c1. The highest BCUT2D eigenvalue weighted by atomic mass is 32.1. The molecule has 0 unspecified atom stereocenters. The first-order chi connectivity index (χ1) is 11.2. The molecule has 0 heterocycles. The van der Waals surface area contributed by atoms with Crippen molar-refractivity contribution in [1.82, 2.24) is 0 Å². The average Bonchev–Trinajstić information content (AvgIpc) is 2.48. The number of nitrogens with zero attached hydrogens (tertiary/aromatic N) is 1. The molecule has 0 saturated carbocycles. The van der Waals surface area contributed by atoms with E-state index in [0.29, 0.717) is 11.4 Å². The number of phenols is 1. The third kappa shape index (κ3) is 4.42. The van der Waals surface area contributed by atoms with Gasteiger partial charge in [-0.05, 0) is 41.4 Å². The summed E-state index contributed by atoms with van der Waals surface area (Å²) in [7, 11) is 0. The maximum Gasteiger partial charge on any atom is 0.271 e. The van der Waals surface area contributed by atoms with E-state index in [1.165, 1.54) is 12.1 Å². The fourth-order valence-electron chi connectivity index (χ4n) is 2.08. The number of nitro groups is 1. The number of hydrogen-bond acceptors (Lipinski definition) is 4. The number of anilines is 2. The van der Waals surface area contributed by atoms with Gasteiger partial charge >= 0.3 is 0 Å². The predicted octanol–water partition coefficient (Wildman–Crippen LogP) is 4.41. The van der Waals surface area contributed by atoms with Crippen LogP contribution in [0.4, 0.5) is 17.1 Å². The second-order valence-electron chi connectivity index (χ2n) is 6.37. The maximum atomic E-state index is 10.8. The van der Waals surface area contributed by atoms with E-state index in [1.807, 2.05) is 12.1 Å². The average molecular weight is 345 g/mol. The summed E-state index contributed by atoms with van der Waals surface area (Å²) in [5.41, 5.74) is 1.92. The van der Waals surface area contributed by atoms with Crippen LogP contribution in [0.25, 0.3) is 0 Å². The van der Waals surface area contributed by atoms with Crippen molar-refractivity contribution >= 4 is 34.4 Å². The monoisotopic (exact) mass is 345 g/mol. The number of nitro benzene ring substituents is 1. The van der Waals surface area contributed by atoms with Crippen LogP contribution in [0.1, 0.15) is 26.3 Å². The number of phenolic OH excluding ortho intramolecular Hbond substituents is 1. The highest BCUT2D eigenvalue weighted by Gasteiger charge is 2.16. The highest BCUT2D eigenvalue weighted by Crippen LogP contribution is 2.30. The van der Waals surface area contributed by atoms with Crippen molar-refractivity contribution in [2.24, 2.45) is 0 Å². The molecule has 3 N–H and O–H groups in total. The molecule has 2 rings (SSSR count). The smallest absolute Gasteiger partial charge is 0.271 e. The molecule has 0 spiro atoms. The maximum absolute atomic E-state index is 10.8. The molecule has 0 radical (unpaired) electrons. The Bertz CT molecular complexity index is 785. The van der Waals surface area contributed by atoms with Crippen LogP contribution in [0.15, 0.2) is 42.5 Å². The Kier molecular flexibility index (Phi) is 5.04. The largest absolute Gasteiger partial charge is 0.506 e. The van der Waals surface area contributed by atoms with E-state index in [2.05, 4.69) is 31.4 Å².